The molecule has 7 heteroatoms. The van der Waals surface area contributed by atoms with Crippen molar-refractivity contribution in [2.45, 2.75) is 18.9 Å². The van der Waals surface area contributed by atoms with Gasteiger partial charge in [0, 0.05) is 19.1 Å². The van der Waals surface area contributed by atoms with Crippen molar-refractivity contribution in [1.82, 2.24) is 9.80 Å². The maximum Gasteiger partial charge on any atom is 0.237 e. The largest absolute Gasteiger partial charge is 0.338 e. The number of rotatable bonds is 4. The number of halogens is 1. The third-order valence-corrected chi connectivity index (χ3v) is 6.74. The van der Waals surface area contributed by atoms with Gasteiger partial charge in [-0.25, -0.2) is 12.8 Å². The quantitative estimate of drug-likeness (QED) is 0.812. The summed E-state index contributed by atoms with van der Waals surface area (Å²) in [6.45, 7) is 1.39. The van der Waals surface area contributed by atoms with Gasteiger partial charge >= 0.3 is 0 Å². The van der Waals surface area contributed by atoms with Gasteiger partial charge in [-0.1, -0.05) is 18.2 Å². The van der Waals surface area contributed by atoms with E-state index >= 15 is 0 Å². The summed E-state index contributed by atoms with van der Waals surface area (Å²) in [4.78, 5) is 16.1. The number of carbonyl (C=O) groups excluding carboxylic acids is 1. The first kappa shape index (κ1) is 18.1. The predicted molar refractivity (Wildman–Crippen MR) is 95.3 cm³/mol. The van der Waals surface area contributed by atoms with Crippen LogP contribution in [0.25, 0.3) is 5.57 Å². The maximum absolute atomic E-state index is 13.0. The highest BCUT2D eigenvalue weighted by molar-refractivity contribution is 7.91. The third kappa shape index (κ3) is 4.46. The second-order valence-corrected chi connectivity index (χ2v) is 9.03. The van der Waals surface area contributed by atoms with Crippen LogP contribution in [0.4, 0.5) is 4.39 Å². The standard InChI is InChI=1S/C18H23FN2O3S/c1-20(17-8-11-25(23,24)13-17)12-18(22)21-9-6-15(7-10-21)14-2-4-16(19)5-3-14/h2-6,17H,7-13H2,1H3/t17-/m1/s1. The summed E-state index contributed by atoms with van der Waals surface area (Å²) in [5.41, 5.74) is 2.11. The van der Waals surface area contributed by atoms with E-state index in [9.17, 15) is 17.6 Å². The van der Waals surface area contributed by atoms with Crippen LogP contribution in [0.5, 0.6) is 0 Å². The van der Waals surface area contributed by atoms with E-state index in [1.54, 1.807) is 17.0 Å². The molecule has 1 amide bonds. The van der Waals surface area contributed by atoms with Gasteiger partial charge in [0.25, 0.3) is 0 Å². The summed E-state index contributed by atoms with van der Waals surface area (Å²) in [7, 11) is -1.13. The molecular weight excluding hydrogens is 343 g/mol. The number of benzene rings is 1. The van der Waals surface area contributed by atoms with Crippen LogP contribution in [0.3, 0.4) is 0 Å². The third-order valence-electron chi connectivity index (χ3n) is 4.99. The van der Waals surface area contributed by atoms with Crippen LogP contribution in [0.2, 0.25) is 0 Å². The minimum absolute atomic E-state index is 0.0150. The summed E-state index contributed by atoms with van der Waals surface area (Å²) in [5, 5.41) is 0. The normalized spacial score (nSPS) is 22.9. The van der Waals surface area contributed by atoms with Crippen LogP contribution in [-0.2, 0) is 14.6 Å². The van der Waals surface area contributed by atoms with Crippen LogP contribution >= 0.6 is 0 Å². The molecule has 25 heavy (non-hydrogen) atoms. The minimum atomic E-state index is -2.94. The van der Waals surface area contributed by atoms with Crippen molar-refractivity contribution in [3.8, 4) is 0 Å². The van der Waals surface area contributed by atoms with Gasteiger partial charge in [-0.05, 0) is 43.2 Å². The molecule has 0 spiro atoms. The molecular formula is C18H23FN2O3S. The molecule has 0 radical (unpaired) electrons. The summed E-state index contributed by atoms with van der Waals surface area (Å²) >= 11 is 0. The summed E-state index contributed by atoms with van der Waals surface area (Å²) in [5.74, 6) is 0.116. The molecule has 0 aromatic heterocycles. The van der Waals surface area contributed by atoms with Crippen molar-refractivity contribution in [2.24, 2.45) is 0 Å². The Morgan fingerprint density at radius 3 is 2.60 bits per heavy atom. The van der Waals surface area contributed by atoms with Crippen molar-refractivity contribution in [1.29, 1.82) is 0 Å². The van der Waals surface area contributed by atoms with E-state index in [0.717, 1.165) is 17.6 Å². The van der Waals surface area contributed by atoms with E-state index in [-0.39, 0.29) is 35.8 Å². The molecule has 3 rings (SSSR count). The van der Waals surface area contributed by atoms with Gasteiger partial charge in [0.2, 0.25) is 5.91 Å². The highest BCUT2D eigenvalue weighted by Crippen LogP contribution is 2.23. The lowest BCUT2D eigenvalue weighted by atomic mass is 9.99. The zero-order valence-electron chi connectivity index (χ0n) is 14.3. The summed E-state index contributed by atoms with van der Waals surface area (Å²) < 4.78 is 36.1. The molecule has 2 heterocycles. The predicted octanol–water partition coefficient (Wildman–Crippen LogP) is 1.56. The summed E-state index contributed by atoms with van der Waals surface area (Å²) in [6.07, 6.45) is 3.34. The molecule has 1 atom stereocenters. The van der Waals surface area contributed by atoms with Gasteiger partial charge in [0.15, 0.2) is 9.84 Å². The van der Waals surface area contributed by atoms with Gasteiger partial charge < -0.3 is 4.90 Å². The molecule has 0 saturated carbocycles. The topological polar surface area (TPSA) is 57.7 Å². The van der Waals surface area contributed by atoms with Crippen molar-refractivity contribution in [2.75, 3.05) is 38.2 Å². The van der Waals surface area contributed by atoms with E-state index in [2.05, 4.69) is 0 Å². The second-order valence-electron chi connectivity index (χ2n) is 6.80. The fourth-order valence-electron chi connectivity index (χ4n) is 3.39. The molecule has 5 nitrogen and oxygen atoms in total. The highest BCUT2D eigenvalue weighted by atomic mass is 32.2. The number of nitrogens with zero attached hydrogens (tertiary/aromatic N) is 2. The van der Waals surface area contributed by atoms with Gasteiger partial charge in [-0.2, -0.15) is 0 Å². The average molecular weight is 366 g/mol. The SMILES string of the molecule is CN(CC(=O)N1CC=C(c2ccc(F)cc2)CC1)[C@@H]1CCS(=O)(=O)C1. The van der Waals surface area contributed by atoms with Gasteiger partial charge in [-0.15, -0.1) is 0 Å². The smallest absolute Gasteiger partial charge is 0.237 e. The lowest BCUT2D eigenvalue weighted by Crippen LogP contribution is -2.44. The Morgan fingerprint density at radius 1 is 1.32 bits per heavy atom. The van der Waals surface area contributed by atoms with Crippen LogP contribution < -0.4 is 0 Å². The molecule has 1 aromatic rings. The van der Waals surface area contributed by atoms with Crippen molar-refractivity contribution in [3.05, 3.63) is 41.7 Å². The molecule has 2 aliphatic heterocycles. The first-order valence-electron chi connectivity index (χ1n) is 8.47. The van der Waals surface area contributed by atoms with Crippen molar-refractivity contribution < 1.29 is 17.6 Å². The Hall–Kier alpha value is -1.73. The van der Waals surface area contributed by atoms with Gasteiger partial charge in [-0.3, -0.25) is 9.69 Å². The zero-order valence-corrected chi connectivity index (χ0v) is 15.1. The molecule has 2 aliphatic rings. The van der Waals surface area contributed by atoms with Crippen LogP contribution in [0.1, 0.15) is 18.4 Å². The second kappa shape index (κ2) is 7.25. The number of hydrogen-bond acceptors (Lipinski definition) is 4. The fourth-order valence-corrected chi connectivity index (χ4v) is 5.19. The Balaban J connectivity index is 1.55. The molecule has 0 unspecified atom stereocenters. The molecule has 136 valence electrons. The number of amides is 1. The summed E-state index contributed by atoms with van der Waals surface area (Å²) in [6, 6.07) is 6.33. The van der Waals surface area contributed by atoms with E-state index in [0.29, 0.717) is 19.5 Å². The molecule has 0 N–H and O–H groups in total. The van der Waals surface area contributed by atoms with Crippen LogP contribution in [0.15, 0.2) is 30.3 Å². The van der Waals surface area contributed by atoms with E-state index in [4.69, 9.17) is 0 Å². The zero-order chi connectivity index (χ0) is 18.0. The number of carbonyl (C=O) groups is 1. The minimum Gasteiger partial charge on any atom is -0.338 e. The van der Waals surface area contributed by atoms with E-state index in [1.807, 2.05) is 18.0 Å². The Bertz CT molecular complexity index is 774. The first-order valence-corrected chi connectivity index (χ1v) is 10.3. The van der Waals surface area contributed by atoms with Crippen LogP contribution in [0, 0.1) is 5.82 Å². The number of hydrogen-bond donors (Lipinski definition) is 0. The molecule has 1 fully saturated rings. The highest BCUT2D eigenvalue weighted by Gasteiger charge is 2.32. The van der Waals surface area contributed by atoms with Crippen molar-refractivity contribution in [3.63, 3.8) is 0 Å². The Kier molecular flexibility index (Phi) is 5.24. The van der Waals surface area contributed by atoms with Gasteiger partial charge in [0.1, 0.15) is 5.82 Å². The van der Waals surface area contributed by atoms with Gasteiger partial charge in [0.05, 0.1) is 18.1 Å². The fraction of sp³-hybridized carbons (Fsp3) is 0.500. The molecule has 0 bridgehead atoms. The Morgan fingerprint density at radius 2 is 2.04 bits per heavy atom. The number of likely N-dealkylation sites (N-methyl/N-ethyl adjacent to an activating group) is 1. The monoisotopic (exact) mass is 366 g/mol. The van der Waals surface area contributed by atoms with Crippen LogP contribution in [-0.4, -0.2) is 68.4 Å². The average Bonchev–Trinajstić information content (AvgIpc) is 2.96. The molecule has 0 aliphatic carbocycles. The number of sulfone groups is 1. The Labute approximate surface area is 148 Å². The maximum atomic E-state index is 13.0. The molecule has 1 aromatic carbocycles. The lowest BCUT2D eigenvalue weighted by molar-refractivity contribution is -0.132. The lowest BCUT2D eigenvalue weighted by Gasteiger charge is -2.30. The molecule has 1 saturated heterocycles. The first-order chi connectivity index (χ1) is 11.8. The van der Waals surface area contributed by atoms with E-state index < -0.39 is 9.84 Å². The van der Waals surface area contributed by atoms with Crippen molar-refractivity contribution >= 4 is 21.3 Å². The van der Waals surface area contributed by atoms with E-state index in [1.165, 1.54) is 12.1 Å².